The fourth-order valence-corrected chi connectivity index (χ4v) is 2.28. The number of aliphatic hydroxyl groups is 1. The van der Waals surface area contributed by atoms with E-state index in [1.807, 2.05) is 0 Å². The summed E-state index contributed by atoms with van der Waals surface area (Å²) >= 11 is 6.08. The fraction of sp³-hybridized carbons (Fsp3) is 0.636. The molecule has 1 aliphatic heterocycles. The molecule has 0 bridgehead atoms. The molecule has 1 aliphatic rings. The van der Waals surface area contributed by atoms with E-state index in [1.165, 1.54) is 4.68 Å². The summed E-state index contributed by atoms with van der Waals surface area (Å²) in [6.07, 6.45) is 4.41. The van der Waals surface area contributed by atoms with Gasteiger partial charge in [0.05, 0.1) is 11.9 Å². The minimum absolute atomic E-state index is 0.0413. The minimum Gasteiger partial charge on any atom is -0.396 e. The first-order chi connectivity index (χ1) is 8.24. The molecule has 17 heavy (non-hydrogen) atoms. The molecule has 0 radical (unpaired) electrons. The van der Waals surface area contributed by atoms with Crippen LogP contribution in [0.3, 0.4) is 0 Å². The topological polar surface area (TPSA) is 58.4 Å². The molecule has 2 rings (SSSR count). The zero-order valence-electron chi connectivity index (χ0n) is 9.60. The van der Waals surface area contributed by atoms with Gasteiger partial charge in [0.25, 0.3) is 5.56 Å². The summed E-state index contributed by atoms with van der Waals surface area (Å²) in [7, 11) is 0. The van der Waals surface area contributed by atoms with Gasteiger partial charge in [0.15, 0.2) is 0 Å². The third-order valence-corrected chi connectivity index (χ3v) is 3.30. The van der Waals surface area contributed by atoms with E-state index < -0.39 is 0 Å². The van der Waals surface area contributed by atoms with Crippen LogP contribution < -0.4 is 10.5 Å². The number of aromatic nitrogens is 2. The lowest BCUT2D eigenvalue weighted by atomic mass is 10.4. The molecule has 1 fully saturated rings. The summed E-state index contributed by atoms with van der Waals surface area (Å²) in [4.78, 5) is 14.0. The van der Waals surface area contributed by atoms with Crippen molar-refractivity contribution in [1.29, 1.82) is 0 Å². The van der Waals surface area contributed by atoms with Gasteiger partial charge in [-0.25, -0.2) is 4.68 Å². The van der Waals surface area contributed by atoms with Gasteiger partial charge in [0.2, 0.25) is 0 Å². The van der Waals surface area contributed by atoms with E-state index in [1.54, 1.807) is 6.20 Å². The van der Waals surface area contributed by atoms with Crippen LogP contribution in [-0.4, -0.2) is 34.6 Å². The van der Waals surface area contributed by atoms with Gasteiger partial charge in [-0.2, -0.15) is 5.10 Å². The summed E-state index contributed by atoms with van der Waals surface area (Å²) in [6.45, 7) is 2.30. The standard InChI is InChI=1S/C11H16ClN3O2/c12-10-9(14-4-1-2-5-14)8-13-15(11(10)17)6-3-7-16/h8,16H,1-7H2. The van der Waals surface area contributed by atoms with Crippen molar-refractivity contribution in [2.75, 3.05) is 24.6 Å². The van der Waals surface area contributed by atoms with Crippen LogP contribution in [0, 0.1) is 0 Å². The van der Waals surface area contributed by atoms with Crippen LogP contribution in [0.2, 0.25) is 5.02 Å². The zero-order valence-corrected chi connectivity index (χ0v) is 10.4. The Labute approximate surface area is 105 Å². The second-order valence-corrected chi connectivity index (χ2v) is 4.52. The molecule has 0 aromatic carbocycles. The van der Waals surface area contributed by atoms with E-state index in [-0.39, 0.29) is 17.2 Å². The van der Waals surface area contributed by atoms with Gasteiger partial charge < -0.3 is 10.0 Å². The quantitative estimate of drug-likeness (QED) is 0.870. The predicted octanol–water partition coefficient (Wildman–Crippen LogP) is 0.879. The highest BCUT2D eigenvalue weighted by Crippen LogP contribution is 2.24. The maximum atomic E-state index is 11.9. The molecule has 1 aromatic heterocycles. The number of hydrogen-bond acceptors (Lipinski definition) is 4. The molecule has 0 atom stereocenters. The Kier molecular flexibility index (Phi) is 4.02. The number of halogens is 1. The monoisotopic (exact) mass is 257 g/mol. The first-order valence-corrected chi connectivity index (χ1v) is 6.23. The Morgan fingerprint density at radius 1 is 1.41 bits per heavy atom. The van der Waals surface area contributed by atoms with Crippen LogP contribution >= 0.6 is 11.6 Å². The minimum atomic E-state index is -0.274. The molecule has 5 nitrogen and oxygen atoms in total. The zero-order chi connectivity index (χ0) is 12.3. The van der Waals surface area contributed by atoms with E-state index in [2.05, 4.69) is 10.00 Å². The van der Waals surface area contributed by atoms with E-state index in [0.717, 1.165) is 31.6 Å². The summed E-state index contributed by atoms with van der Waals surface area (Å²) in [6, 6.07) is 0. The highest BCUT2D eigenvalue weighted by atomic mass is 35.5. The molecule has 0 spiro atoms. The average Bonchev–Trinajstić information content (AvgIpc) is 2.85. The molecule has 2 heterocycles. The summed E-state index contributed by atoms with van der Waals surface area (Å²) in [5.41, 5.74) is 0.457. The smallest absolute Gasteiger partial charge is 0.287 e. The Hall–Kier alpha value is -1.07. The van der Waals surface area contributed by atoms with E-state index in [9.17, 15) is 4.79 Å². The van der Waals surface area contributed by atoms with Gasteiger partial charge in [-0.1, -0.05) is 11.6 Å². The van der Waals surface area contributed by atoms with Gasteiger partial charge in [-0.15, -0.1) is 0 Å². The molecule has 94 valence electrons. The van der Waals surface area contributed by atoms with Crippen molar-refractivity contribution in [3.05, 3.63) is 21.6 Å². The normalized spacial score (nSPS) is 15.5. The summed E-state index contributed by atoms with van der Waals surface area (Å²) in [5.74, 6) is 0. The number of anilines is 1. The van der Waals surface area contributed by atoms with Crippen molar-refractivity contribution in [2.24, 2.45) is 0 Å². The Bertz CT molecular complexity index is 441. The number of nitrogens with zero attached hydrogens (tertiary/aromatic N) is 3. The van der Waals surface area contributed by atoms with Crippen molar-refractivity contribution in [1.82, 2.24) is 9.78 Å². The maximum absolute atomic E-state index is 11.9. The number of rotatable bonds is 4. The van der Waals surface area contributed by atoms with Gasteiger partial charge >= 0.3 is 0 Å². The van der Waals surface area contributed by atoms with Crippen molar-refractivity contribution in [2.45, 2.75) is 25.8 Å². The van der Waals surface area contributed by atoms with Gasteiger partial charge in [-0.3, -0.25) is 4.79 Å². The largest absolute Gasteiger partial charge is 0.396 e. The average molecular weight is 258 g/mol. The van der Waals surface area contributed by atoms with E-state index in [0.29, 0.717) is 13.0 Å². The third kappa shape index (κ3) is 2.61. The van der Waals surface area contributed by atoms with Crippen LogP contribution in [0.1, 0.15) is 19.3 Å². The van der Waals surface area contributed by atoms with E-state index in [4.69, 9.17) is 16.7 Å². The third-order valence-electron chi connectivity index (χ3n) is 2.94. The Morgan fingerprint density at radius 2 is 2.12 bits per heavy atom. The molecule has 6 heteroatoms. The molecular formula is C11H16ClN3O2. The van der Waals surface area contributed by atoms with Gasteiger partial charge in [0, 0.05) is 26.2 Å². The molecule has 0 unspecified atom stereocenters. The predicted molar refractivity (Wildman–Crippen MR) is 66.7 cm³/mol. The molecule has 1 saturated heterocycles. The second-order valence-electron chi connectivity index (χ2n) is 4.14. The first kappa shape index (κ1) is 12.4. The fourth-order valence-electron chi connectivity index (χ4n) is 2.01. The molecular weight excluding hydrogens is 242 g/mol. The van der Waals surface area contributed by atoms with Crippen molar-refractivity contribution >= 4 is 17.3 Å². The van der Waals surface area contributed by atoms with Crippen LogP contribution in [0.5, 0.6) is 0 Å². The molecule has 0 amide bonds. The van der Waals surface area contributed by atoms with Crippen LogP contribution in [0.25, 0.3) is 0 Å². The second kappa shape index (κ2) is 5.51. The summed E-state index contributed by atoms with van der Waals surface area (Å²) in [5, 5.41) is 13.1. The lowest BCUT2D eigenvalue weighted by Gasteiger charge is -2.18. The van der Waals surface area contributed by atoms with Crippen LogP contribution in [0.15, 0.2) is 11.0 Å². The Balaban J connectivity index is 2.25. The Morgan fingerprint density at radius 3 is 2.76 bits per heavy atom. The van der Waals surface area contributed by atoms with Crippen LogP contribution in [-0.2, 0) is 6.54 Å². The maximum Gasteiger partial charge on any atom is 0.287 e. The molecule has 1 N–H and O–H groups in total. The lowest BCUT2D eigenvalue weighted by molar-refractivity contribution is 0.275. The van der Waals surface area contributed by atoms with Crippen molar-refractivity contribution in [3.8, 4) is 0 Å². The summed E-state index contributed by atoms with van der Waals surface area (Å²) < 4.78 is 1.30. The highest BCUT2D eigenvalue weighted by Gasteiger charge is 2.18. The van der Waals surface area contributed by atoms with Crippen molar-refractivity contribution < 1.29 is 5.11 Å². The first-order valence-electron chi connectivity index (χ1n) is 5.85. The molecule has 0 saturated carbocycles. The number of aryl methyl sites for hydroxylation is 1. The van der Waals surface area contributed by atoms with Gasteiger partial charge in [-0.05, 0) is 19.3 Å². The highest BCUT2D eigenvalue weighted by molar-refractivity contribution is 6.33. The van der Waals surface area contributed by atoms with Crippen LogP contribution in [0.4, 0.5) is 5.69 Å². The van der Waals surface area contributed by atoms with Gasteiger partial charge in [0.1, 0.15) is 5.02 Å². The van der Waals surface area contributed by atoms with E-state index >= 15 is 0 Å². The molecule has 0 aliphatic carbocycles. The molecule has 1 aromatic rings. The number of aliphatic hydroxyl groups excluding tert-OH is 1. The lowest BCUT2D eigenvalue weighted by Crippen LogP contribution is -2.28. The van der Waals surface area contributed by atoms with Crippen molar-refractivity contribution in [3.63, 3.8) is 0 Å². The SMILES string of the molecule is O=c1c(Cl)c(N2CCCC2)cnn1CCCO. The number of hydrogen-bond donors (Lipinski definition) is 1.